The summed E-state index contributed by atoms with van der Waals surface area (Å²) in [5.41, 5.74) is 2.82. The second-order valence-corrected chi connectivity index (χ2v) is 8.06. The molecule has 6 heteroatoms. The van der Waals surface area contributed by atoms with E-state index in [1.54, 1.807) is 7.05 Å². The minimum Gasteiger partial charge on any atom is -0.347 e. The van der Waals surface area contributed by atoms with E-state index in [2.05, 4.69) is 47.4 Å². The third kappa shape index (κ3) is 5.16. The van der Waals surface area contributed by atoms with Crippen LogP contribution in [0, 0.1) is 11.8 Å². The van der Waals surface area contributed by atoms with Crippen LogP contribution in [0.25, 0.3) is 0 Å². The van der Waals surface area contributed by atoms with Crippen LogP contribution >= 0.6 is 0 Å². The van der Waals surface area contributed by atoms with E-state index in [9.17, 15) is 9.59 Å². The molecule has 1 aromatic carbocycles. The lowest BCUT2D eigenvalue weighted by molar-refractivity contribution is -0.130. The highest BCUT2D eigenvalue weighted by Crippen LogP contribution is 2.23. The highest BCUT2D eigenvalue weighted by molar-refractivity contribution is 6.39. The van der Waals surface area contributed by atoms with Gasteiger partial charge in [-0.1, -0.05) is 38.1 Å². The first-order valence-electron chi connectivity index (χ1n) is 9.83. The first kappa shape index (κ1) is 19.5. The molecule has 0 radical (unpaired) electrons. The molecule has 2 amide bonds. The zero-order valence-electron chi connectivity index (χ0n) is 16.6. The monoisotopic (exact) mass is 370 g/mol. The summed E-state index contributed by atoms with van der Waals surface area (Å²) in [6, 6.07) is 8.29. The van der Waals surface area contributed by atoms with E-state index < -0.39 is 0 Å². The molecular weight excluding hydrogens is 340 g/mol. The first-order chi connectivity index (χ1) is 12.9. The SMILES string of the molecule is C[C@@H]1C[C@@H](C)CN(Cc2ccccc2CNC(=O)C2=NN(C)C(=O)CC2)C1. The number of carbonyl (C=O) groups excluding carboxylic acids is 2. The van der Waals surface area contributed by atoms with Gasteiger partial charge < -0.3 is 5.32 Å². The largest absolute Gasteiger partial charge is 0.347 e. The van der Waals surface area contributed by atoms with Crippen molar-refractivity contribution in [2.45, 2.75) is 46.2 Å². The van der Waals surface area contributed by atoms with E-state index in [1.807, 2.05) is 6.07 Å². The summed E-state index contributed by atoms with van der Waals surface area (Å²) in [5, 5.41) is 8.32. The Kier molecular flexibility index (Phi) is 6.26. The quantitative estimate of drug-likeness (QED) is 0.865. The molecule has 1 aromatic rings. The number of hydrogen-bond donors (Lipinski definition) is 1. The van der Waals surface area contributed by atoms with Crippen LogP contribution in [0.4, 0.5) is 0 Å². The van der Waals surface area contributed by atoms with Crippen molar-refractivity contribution in [2.24, 2.45) is 16.9 Å². The van der Waals surface area contributed by atoms with Crippen LogP contribution in [0.5, 0.6) is 0 Å². The number of nitrogens with zero attached hydrogens (tertiary/aromatic N) is 3. The normalized spacial score (nSPS) is 23.9. The van der Waals surface area contributed by atoms with Crippen molar-refractivity contribution >= 4 is 17.5 Å². The Bertz CT molecular complexity index is 721. The zero-order chi connectivity index (χ0) is 19.4. The second-order valence-electron chi connectivity index (χ2n) is 8.06. The molecule has 0 spiro atoms. The standard InChI is InChI=1S/C21H30N4O2/c1-15-10-16(2)13-25(12-15)14-18-7-5-4-6-17(18)11-22-21(27)19-8-9-20(26)24(3)23-19/h4-7,15-16H,8-14H2,1-3H3,(H,22,27)/t15-,16-/m1/s1. The van der Waals surface area contributed by atoms with Crippen molar-refractivity contribution in [1.82, 2.24) is 15.2 Å². The number of nitrogens with one attached hydrogen (secondary N) is 1. The number of amides is 2. The van der Waals surface area contributed by atoms with Gasteiger partial charge in [0.2, 0.25) is 5.91 Å². The maximum Gasteiger partial charge on any atom is 0.267 e. The predicted molar refractivity (Wildman–Crippen MR) is 106 cm³/mol. The fourth-order valence-corrected chi connectivity index (χ4v) is 4.16. The fourth-order valence-electron chi connectivity index (χ4n) is 4.16. The first-order valence-corrected chi connectivity index (χ1v) is 9.83. The molecule has 1 fully saturated rings. The fraction of sp³-hybridized carbons (Fsp3) is 0.571. The Morgan fingerprint density at radius 1 is 1.15 bits per heavy atom. The lowest BCUT2D eigenvalue weighted by atomic mass is 9.91. The number of rotatable bonds is 5. The van der Waals surface area contributed by atoms with Crippen molar-refractivity contribution in [3.8, 4) is 0 Å². The van der Waals surface area contributed by atoms with Gasteiger partial charge in [-0.05, 0) is 29.4 Å². The van der Waals surface area contributed by atoms with Gasteiger partial charge in [-0.25, -0.2) is 5.01 Å². The Balaban J connectivity index is 1.62. The molecule has 2 aliphatic heterocycles. The number of piperidine rings is 1. The average Bonchev–Trinajstić information content (AvgIpc) is 2.62. The van der Waals surface area contributed by atoms with E-state index >= 15 is 0 Å². The van der Waals surface area contributed by atoms with Crippen LogP contribution in [0.3, 0.4) is 0 Å². The third-order valence-electron chi connectivity index (χ3n) is 5.37. The highest BCUT2D eigenvalue weighted by atomic mass is 16.2. The molecule has 0 unspecified atom stereocenters. The van der Waals surface area contributed by atoms with Crippen molar-refractivity contribution in [1.29, 1.82) is 0 Å². The Morgan fingerprint density at radius 2 is 1.81 bits per heavy atom. The third-order valence-corrected chi connectivity index (χ3v) is 5.37. The van der Waals surface area contributed by atoms with E-state index in [4.69, 9.17) is 0 Å². The topological polar surface area (TPSA) is 65.0 Å². The van der Waals surface area contributed by atoms with E-state index in [1.165, 1.54) is 17.0 Å². The van der Waals surface area contributed by atoms with Gasteiger partial charge in [-0.15, -0.1) is 0 Å². The van der Waals surface area contributed by atoms with Crippen molar-refractivity contribution in [3.63, 3.8) is 0 Å². The van der Waals surface area contributed by atoms with Gasteiger partial charge >= 0.3 is 0 Å². The molecule has 2 atom stereocenters. The molecule has 6 nitrogen and oxygen atoms in total. The maximum atomic E-state index is 12.4. The van der Waals surface area contributed by atoms with Gasteiger partial charge in [-0.3, -0.25) is 14.5 Å². The molecule has 146 valence electrons. The average molecular weight is 370 g/mol. The number of hydrazone groups is 1. The number of hydrogen-bond acceptors (Lipinski definition) is 4. The number of carbonyl (C=O) groups is 2. The molecule has 2 aliphatic rings. The lowest BCUT2D eigenvalue weighted by Crippen LogP contribution is -2.39. The summed E-state index contributed by atoms with van der Waals surface area (Å²) in [7, 11) is 1.59. The molecule has 1 N–H and O–H groups in total. The molecule has 27 heavy (non-hydrogen) atoms. The van der Waals surface area contributed by atoms with Crippen LogP contribution in [0.2, 0.25) is 0 Å². The van der Waals surface area contributed by atoms with Crippen LogP contribution in [0.1, 0.15) is 44.2 Å². The molecule has 2 heterocycles. The molecule has 0 bridgehead atoms. The Hall–Kier alpha value is -2.21. The maximum absolute atomic E-state index is 12.4. The molecule has 3 rings (SSSR count). The van der Waals surface area contributed by atoms with Gasteiger partial charge in [0.15, 0.2) is 0 Å². The zero-order valence-corrected chi connectivity index (χ0v) is 16.6. The van der Waals surface area contributed by atoms with Crippen molar-refractivity contribution in [3.05, 3.63) is 35.4 Å². The van der Waals surface area contributed by atoms with Gasteiger partial charge in [0.05, 0.1) is 0 Å². The van der Waals surface area contributed by atoms with Crippen LogP contribution in [-0.4, -0.2) is 47.6 Å². The summed E-state index contributed by atoms with van der Waals surface area (Å²) in [5.74, 6) is 1.21. The van der Waals surface area contributed by atoms with Gasteiger partial charge in [0, 0.05) is 46.1 Å². The summed E-state index contributed by atoms with van der Waals surface area (Å²) in [6.45, 7) is 8.29. The predicted octanol–water partition coefficient (Wildman–Crippen LogP) is 2.39. The molecule has 0 aromatic heterocycles. The van der Waals surface area contributed by atoms with Gasteiger partial charge in [-0.2, -0.15) is 5.10 Å². The van der Waals surface area contributed by atoms with E-state index in [-0.39, 0.29) is 11.8 Å². The van der Waals surface area contributed by atoms with Crippen molar-refractivity contribution < 1.29 is 9.59 Å². The summed E-state index contributed by atoms with van der Waals surface area (Å²) in [4.78, 5) is 26.4. The molecule has 1 saturated heterocycles. The summed E-state index contributed by atoms with van der Waals surface area (Å²) >= 11 is 0. The lowest BCUT2D eigenvalue weighted by Gasteiger charge is -2.35. The number of benzene rings is 1. The van der Waals surface area contributed by atoms with Crippen molar-refractivity contribution in [2.75, 3.05) is 20.1 Å². The Morgan fingerprint density at radius 3 is 2.48 bits per heavy atom. The van der Waals surface area contributed by atoms with E-state index in [0.29, 0.717) is 25.1 Å². The highest BCUT2D eigenvalue weighted by Gasteiger charge is 2.23. The van der Waals surface area contributed by atoms with Gasteiger partial charge in [0.1, 0.15) is 5.71 Å². The number of likely N-dealkylation sites (tertiary alicyclic amines) is 1. The second kappa shape index (κ2) is 8.65. The van der Waals surface area contributed by atoms with E-state index in [0.717, 1.165) is 37.0 Å². The molecule has 0 aliphatic carbocycles. The summed E-state index contributed by atoms with van der Waals surface area (Å²) in [6.07, 6.45) is 2.04. The summed E-state index contributed by atoms with van der Waals surface area (Å²) < 4.78 is 0. The minimum atomic E-state index is -0.190. The smallest absolute Gasteiger partial charge is 0.267 e. The molecule has 0 saturated carbocycles. The molecular formula is C21H30N4O2. The van der Waals surface area contributed by atoms with Crippen LogP contribution in [0.15, 0.2) is 29.4 Å². The van der Waals surface area contributed by atoms with Crippen LogP contribution in [-0.2, 0) is 22.7 Å². The minimum absolute atomic E-state index is 0.0538. The Labute approximate surface area is 161 Å². The van der Waals surface area contributed by atoms with Crippen LogP contribution < -0.4 is 5.32 Å². The van der Waals surface area contributed by atoms with Gasteiger partial charge in [0.25, 0.3) is 5.91 Å².